The van der Waals surface area contributed by atoms with Gasteiger partial charge in [-0.05, 0) is 37.0 Å². The van der Waals surface area contributed by atoms with E-state index in [1.807, 2.05) is 6.07 Å². The summed E-state index contributed by atoms with van der Waals surface area (Å²) in [5.41, 5.74) is 7.44. The monoisotopic (exact) mass is 287 g/mol. The minimum Gasteiger partial charge on any atom is -0.300 e. The summed E-state index contributed by atoms with van der Waals surface area (Å²) in [6.45, 7) is 7.72. The summed E-state index contributed by atoms with van der Waals surface area (Å²) in [7, 11) is 0. The van der Waals surface area contributed by atoms with Crippen LogP contribution in [0.3, 0.4) is 0 Å². The Kier molecular flexibility index (Phi) is 3.66. The first-order valence-electron chi connectivity index (χ1n) is 7.25. The van der Waals surface area contributed by atoms with Gasteiger partial charge in [-0.3, -0.25) is 5.01 Å². The number of rotatable bonds is 4. The van der Waals surface area contributed by atoms with Crippen LogP contribution in [-0.2, 0) is 0 Å². The van der Waals surface area contributed by atoms with Crippen LogP contribution < -0.4 is 10.4 Å². The molecule has 0 amide bonds. The Hall–Kier alpha value is -1.55. The average Bonchev–Trinajstić information content (AvgIpc) is 3.02. The molecule has 20 heavy (non-hydrogen) atoms. The second-order valence-corrected chi connectivity index (χ2v) is 6.65. The lowest BCUT2D eigenvalue weighted by molar-refractivity contribution is 0.538. The smallest absolute Gasteiger partial charge is 0.205 e. The Morgan fingerprint density at radius 2 is 2.20 bits per heavy atom. The number of hydrogen-bond acceptors (Lipinski definition) is 4. The van der Waals surface area contributed by atoms with E-state index >= 15 is 0 Å². The third kappa shape index (κ3) is 2.52. The highest BCUT2D eigenvalue weighted by Gasteiger charge is 2.22. The van der Waals surface area contributed by atoms with E-state index < -0.39 is 0 Å². The van der Waals surface area contributed by atoms with E-state index in [1.54, 1.807) is 11.3 Å². The molecule has 1 aliphatic rings. The summed E-state index contributed by atoms with van der Waals surface area (Å²) in [4.78, 5) is 4.72. The predicted octanol–water partition coefficient (Wildman–Crippen LogP) is 4.33. The quantitative estimate of drug-likeness (QED) is 0.907. The van der Waals surface area contributed by atoms with E-state index in [2.05, 4.69) is 49.4 Å². The maximum absolute atomic E-state index is 4.72. The molecule has 1 N–H and O–H groups in total. The van der Waals surface area contributed by atoms with Crippen LogP contribution in [0.15, 0.2) is 35.5 Å². The summed E-state index contributed by atoms with van der Waals surface area (Å²) in [5, 5.41) is 3.24. The van der Waals surface area contributed by atoms with E-state index in [9.17, 15) is 0 Å². The lowest BCUT2D eigenvalue weighted by atomic mass is 10.0. The Labute approximate surface area is 124 Å². The van der Waals surface area contributed by atoms with Gasteiger partial charge >= 0.3 is 0 Å². The van der Waals surface area contributed by atoms with Gasteiger partial charge in [-0.25, -0.2) is 4.98 Å². The zero-order valence-electron chi connectivity index (χ0n) is 12.3. The average molecular weight is 287 g/mol. The van der Waals surface area contributed by atoms with Crippen molar-refractivity contribution in [2.75, 3.05) is 11.6 Å². The molecule has 0 bridgehead atoms. The van der Waals surface area contributed by atoms with Crippen LogP contribution in [0.2, 0.25) is 0 Å². The number of anilines is 1. The second-order valence-electron chi connectivity index (χ2n) is 5.64. The number of thiazole rings is 1. The molecule has 1 aromatic heterocycles. The van der Waals surface area contributed by atoms with Gasteiger partial charge in [0.25, 0.3) is 0 Å². The van der Waals surface area contributed by atoms with Gasteiger partial charge < -0.3 is 5.43 Å². The van der Waals surface area contributed by atoms with E-state index in [4.69, 9.17) is 4.98 Å². The number of hydrogen-bond donors (Lipinski definition) is 1. The first-order chi connectivity index (χ1) is 9.67. The second kappa shape index (κ2) is 5.44. The molecule has 3 nitrogen and oxygen atoms in total. The molecule has 1 aromatic carbocycles. The molecule has 3 rings (SSSR count). The molecular weight excluding hydrogens is 266 g/mol. The van der Waals surface area contributed by atoms with Gasteiger partial charge in [-0.2, -0.15) is 0 Å². The van der Waals surface area contributed by atoms with Crippen LogP contribution in [0.5, 0.6) is 0 Å². The zero-order chi connectivity index (χ0) is 14.1. The van der Waals surface area contributed by atoms with E-state index in [1.165, 1.54) is 22.4 Å². The largest absolute Gasteiger partial charge is 0.300 e. The van der Waals surface area contributed by atoms with Crippen LogP contribution in [0.1, 0.15) is 33.6 Å². The molecule has 0 radical (unpaired) electrons. The van der Waals surface area contributed by atoms with Crippen molar-refractivity contribution in [3.8, 4) is 0 Å². The summed E-state index contributed by atoms with van der Waals surface area (Å²) in [6, 6.07) is 8.32. The van der Waals surface area contributed by atoms with E-state index in [-0.39, 0.29) is 0 Å². The molecule has 0 spiro atoms. The van der Waals surface area contributed by atoms with Crippen LogP contribution in [0.25, 0.3) is 10.2 Å². The normalized spacial score (nSPS) is 16.9. The van der Waals surface area contributed by atoms with Gasteiger partial charge in [0.15, 0.2) is 0 Å². The van der Waals surface area contributed by atoms with Crippen LogP contribution >= 0.6 is 11.3 Å². The van der Waals surface area contributed by atoms with Crippen molar-refractivity contribution in [3.05, 3.63) is 35.5 Å². The van der Waals surface area contributed by atoms with Gasteiger partial charge in [0.2, 0.25) is 5.13 Å². The molecule has 0 aliphatic carbocycles. The lowest BCUT2D eigenvalue weighted by Gasteiger charge is -2.18. The molecule has 1 unspecified atom stereocenters. The summed E-state index contributed by atoms with van der Waals surface area (Å²) >= 11 is 1.75. The van der Waals surface area contributed by atoms with Crippen LogP contribution in [-0.4, -0.2) is 11.5 Å². The van der Waals surface area contributed by atoms with Crippen molar-refractivity contribution in [2.24, 2.45) is 5.92 Å². The van der Waals surface area contributed by atoms with Gasteiger partial charge in [0.1, 0.15) is 0 Å². The van der Waals surface area contributed by atoms with Gasteiger partial charge in [0, 0.05) is 5.70 Å². The Morgan fingerprint density at radius 1 is 1.40 bits per heavy atom. The number of aromatic nitrogens is 1. The third-order valence-corrected chi connectivity index (χ3v) is 5.00. The maximum atomic E-state index is 4.72. The van der Waals surface area contributed by atoms with Crippen LogP contribution in [0, 0.1) is 5.92 Å². The predicted molar refractivity (Wildman–Crippen MR) is 86.9 cm³/mol. The van der Waals surface area contributed by atoms with Gasteiger partial charge in [-0.1, -0.05) is 43.7 Å². The van der Waals surface area contributed by atoms with Crippen LogP contribution in [0.4, 0.5) is 5.13 Å². The Bertz CT molecular complexity index is 611. The highest BCUT2D eigenvalue weighted by molar-refractivity contribution is 7.22. The van der Waals surface area contributed by atoms with Crippen molar-refractivity contribution in [2.45, 2.75) is 33.6 Å². The van der Waals surface area contributed by atoms with Gasteiger partial charge in [-0.15, -0.1) is 0 Å². The first-order valence-corrected chi connectivity index (χ1v) is 8.07. The number of para-hydroxylation sites is 1. The van der Waals surface area contributed by atoms with Crippen molar-refractivity contribution < 1.29 is 0 Å². The molecular formula is C16H21N3S. The van der Waals surface area contributed by atoms with Gasteiger partial charge in [0.05, 0.1) is 16.8 Å². The standard InChI is InChI=1S/C16H21N3S/c1-4-11(2)9-14-12(3)10-19(18-14)16-17-13-7-5-6-8-15(13)20-16/h5-8,11,18H,4,9-10H2,1-3H3. The molecule has 0 fully saturated rings. The molecule has 1 atom stereocenters. The number of nitrogens with zero attached hydrogens (tertiary/aromatic N) is 2. The summed E-state index contributed by atoms with van der Waals surface area (Å²) in [6.07, 6.45) is 2.35. The fourth-order valence-electron chi connectivity index (χ4n) is 2.43. The Morgan fingerprint density at radius 3 is 2.95 bits per heavy atom. The Balaban J connectivity index is 1.77. The minimum absolute atomic E-state index is 0.725. The number of benzene rings is 1. The fraction of sp³-hybridized carbons (Fsp3) is 0.438. The molecule has 2 aromatic rings. The zero-order valence-corrected chi connectivity index (χ0v) is 13.1. The number of nitrogens with one attached hydrogen (secondary N) is 1. The number of fused-ring (bicyclic) bond motifs is 1. The molecule has 2 heterocycles. The number of hydrazine groups is 1. The third-order valence-electron chi connectivity index (χ3n) is 3.94. The molecule has 106 valence electrons. The highest BCUT2D eigenvalue weighted by Crippen LogP contribution is 2.31. The molecule has 0 saturated carbocycles. The minimum atomic E-state index is 0.725. The number of allylic oxidation sites excluding steroid dienone is 1. The van der Waals surface area contributed by atoms with Crippen molar-refractivity contribution >= 4 is 26.7 Å². The first kappa shape index (κ1) is 13.4. The highest BCUT2D eigenvalue weighted by atomic mass is 32.1. The SMILES string of the molecule is CCC(C)CC1=C(C)CN(c2nc3ccccc3s2)N1. The lowest BCUT2D eigenvalue weighted by Crippen LogP contribution is -2.32. The molecule has 0 saturated heterocycles. The molecule has 4 heteroatoms. The fourth-order valence-corrected chi connectivity index (χ4v) is 3.36. The van der Waals surface area contributed by atoms with Crippen molar-refractivity contribution in [3.63, 3.8) is 0 Å². The summed E-state index contributed by atoms with van der Waals surface area (Å²) < 4.78 is 1.25. The topological polar surface area (TPSA) is 28.2 Å². The van der Waals surface area contributed by atoms with E-state index in [0.717, 1.165) is 29.5 Å². The van der Waals surface area contributed by atoms with Crippen molar-refractivity contribution in [1.82, 2.24) is 10.4 Å². The molecule has 1 aliphatic heterocycles. The summed E-state index contributed by atoms with van der Waals surface area (Å²) in [5.74, 6) is 0.725. The van der Waals surface area contributed by atoms with Crippen molar-refractivity contribution in [1.29, 1.82) is 0 Å². The van der Waals surface area contributed by atoms with E-state index in [0.29, 0.717) is 0 Å². The maximum Gasteiger partial charge on any atom is 0.205 e.